The number of aromatic nitrogens is 1. The monoisotopic (exact) mass is 446 g/mol. The van der Waals surface area contributed by atoms with Gasteiger partial charge in [0.25, 0.3) is 5.91 Å². The molecule has 0 radical (unpaired) electrons. The molecule has 0 aliphatic rings. The fourth-order valence-corrected chi connectivity index (χ4v) is 3.35. The highest BCUT2D eigenvalue weighted by molar-refractivity contribution is 9.10. The van der Waals surface area contributed by atoms with E-state index in [2.05, 4.69) is 26.2 Å². The number of oxazole rings is 1. The van der Waals surface area contributed by atoms with Crippen LogP contribution in [0.2, 0.25) is 0 Å². The maximum atomic E-state index is 13.0. The zero-order chi connectivity index (χ0) is 20.4. The van der Waals surface area contributed by atoms with Gasteiger partial charge in [0.1, 0.15) is 0 Å². The minimum Gasteiger partial charge on any atom is -0.436 e. The molecule has 1 heterocycles. The molecule has 144 valence electrons. The Morgan fingerprint density at radius 1 is 0.966 bits per heavy atom. The highest BCUT2D eigenvalue weighted by Gasteiger charge is 2.17. The van der Waals surface area contributed by atoms with Crippen molar-refractivity contribution in [2.45, 2.75) is 13.8 Å². The van der Waals surface area contributed by atoms with Crippen molar-refractivity contribution in [2.75, 3.05) is 5.32 Å². The molecule has 1 N–H and O–H groups in total. The van der Waals surface area contributed by atoms with E-state index in [1.54, 1.807) is 12.3 Å². The van der Waals surface area contributed by atoms with Crippen LogP contribution in [0.5, 0.6) is 0 Å². The highest BCUT2D eigenvalue weighted by atomic mass is 79.9. The Bertz CT molecular complexity index is 1180. The van der Waals surface area contributed by atoms with Gasteiger partial charge in [-0.05, 0) is 55.3 Å². The Morgan fingerprint density at radius 2 is 1.72 bits per heavy atom. The van der Waals surface area contributed by atoms with E-state index in [9.17, 15) is 4.79 Å². The molecule has 0 aliphatic heterocycles. The van der Waals surface area contributed by atoms with E-state index in [0.29, 0.717) is 22.8 Å². The van der Waals surface area contributed by atoms with Gasteiger partial charge in [-0.25, -0.2) is 4.98 Å². The summed E-state index contributed by atoms with van der Waals surface area (Å²) < 4.78 is 6.97. The maximum absolute atomic E-state index is 13.0. The lowest BCUT2D eigenvalue weighted by Gasteiger charge is -2.12. The van der Waals surface area contributed by atoms with E-state index >= 15 is 0 Å². The first kappa shape index (κ1) is 19.2. The molecule has 1 aromatic heterocycles. The van der Waals surface area contributed by atoms with Gasteiger partial charge in [-0.2, -0.15) is 0 Å². The van der Waals surface area contributed by atoms with Gasteiger partial charge in [-0.15, -0.1) is 0 Å². The maximum Gasteiger partial charge on any atom is 0.256 e. The summed E-state index contributed by atoms with van der Waals surface area (Å²) in [6.07, 6.45) is 1.68. The first-order valence-corrected chi connectivity index (χ1v) is 10.0. The topological polar surface area (TPSA) is 55.1 Å². The first-order chi connectivity index (χ1) is 14.0. The van der Waals surface area contributed by atoms with Gasteiger partial charge >= 0.3 is 0 Å². The lowest BCUT2D eigenvalue weighted by molar-refractivity contribution is 0.102. The number of benzene rings is 3. The van der Waals surface area contributed by atoms with Crippen molar-refractivity contribution in [3.8, 4) is 22.8 Å². The second-order valence-electron chi connectivity index (χ2n) is 6.78. The number of rotatable bonds is 4. The summed E-state index contributed by atoms with van der Waals surface area (Å²) in [6.45, 7) is 4.02. The number of hydrogen-bond acceptors (Lipinski definition) is 3. The Labute approximate surface area is 177 Å². The van der Waals surface area contributed by atoms with Gasteiger partial charge in [0.15, 0.2) is 5.76 Å². The minimum absolute atomic E-state index is 0.197. The van der Waals surface area contributed by atoms with E-state index in [1.165, 1.54) is 0 Å². The number of aryl methyl sites for hydroxylation is 1. The Balaban J connectivity index is 1.66. The molecule has 4 nitrogen and oxygen atoms in total. The fraction of sp³-hybridized carbons (Fsp3) is 0.0833. The Kier molecular flexibility index (Phi) is 5.32. The number of amides is 1. The SMILES string of the molecule is Cc1cccc(NC(=O)c2ccccc2-c2ncc(-c3ccc(Br)cc3)o2)c1C. The van der Waals surface area contributed by atoms with Crippen molar-refractivity contribution < 1.29 is 9.21 Å². The van der Waals surface area contributed by atoms with Crippen LogP contribution in [-0.4, -0.2) is 10.9 Å². The normalized spacial score (nSPS) is 10.7. The van der Waals surface area contributed by atoms with Crippen LogP contribution in [-0.2, 0) is 0 Å². The third-order valence-electron chi connectivity index (χ3n) is 4.89. The van der Waals surface area contributed by atoms with Crippen molar-refractivity contribution in [2.24, 2.45) is 0 Å². The van der Waals surface area contributed by atoms with E-state index in [4.69, 9.17) is 4.42 Å². The largest absolute Gasteiger partial charge is 0.436 e. The van der Waals surface area contributed by atoms with Gasteiger partial charge in [-0.3, -0.25) is 4.79 Å². The van der Waals surface area contributed by atoms with Crippen molar-refractivity contribution >= 4 is 27.5 Å². The van der Waals surface area contributed by atoms with Gasteiger partial charge in [0.05, 0.1) is 11.8 Å². The summed E-state index contributed by atoms with van der Waals surface area (Å²) in [5.41, 5.74) is 5.06. The predicted octanol–water partition coefficient (Wildman–Crippen LogP) is 6.64. The summed E-state index contributed by atoms with van der Waals surface area (Å²) >= 11 is 3.43. The molecule has 1 amide bonds. The summed E-state index contributed by atoms with van der Waals surface area (Å²) in [5, 5.41) is 3.01. The van der Waals surface area contributed by atoms with Gasteiger partial charge in [0, 0.05) is 21.3 Å². The van der Waals surface area contributed by atoms with Crippen LogP contribution in [0.1, 0.15) is 21.5 Å². The molecule has 0 atom stereocenters. The van der Waals surface area contributed by atoms with Crippen LogP contribution >= 0.6 is 15.9 Å². The third-order valence-corrected chi connectivity index (χ3v) is 5.42. The quantitative estimate of drug-likeness (QED) is 0.382. The summed E-state index contributed by atoms with van der Waals surface area (Å²) in [5.74, 6) is 0.865. The van der Waals surface area contributed by atoms with Gasteiger partial charge < -0.3 is 9.73 Å². The van der Waals surface area contributed by atoms with E-state index in [1.807, 2.05) is 74.5 Å². The molecule has 4 aromatic rings. The van der Waals surface area contributed by atoms with Crippen molar-refractivity contribution in [1.82, 2.24) is 4.98 Å². The molecule has 0 saturated heterocycles. The van der Waals surface area contributed by atoms with Gasteiger partial charge in [0.2, 0.25) is 5.89 Å². The molecule has 0 aliphatic carbocycles. The average molecular weight is 447 g/mol. The van der Waals surface area contributed by atoms with E-state index in [0.717, 1.165) is 26.9 Å². The van der Waals surface area contributed by atoms with E-state index in [-0.39, 0.29) is 5.91 Å². The van der Waals surface area contributed by atoms with Crippen LogP contribution in [0.25, 0.3) is 22.8 Å². The molecule has 0 spiro atoms. The molecule has 29 heavy (non-hydrogen) atoms. The lowest BCUT2D eigenvalue weighted by Crippen LogP contribution is -2.14. The molecule has 0 unspecified atom stereocenters. The number of anilines is 1. The summed E-state index contributed by atoms with van der Waals surface area (Å²) in [7, 11) is 0. The minimum atomic E-state index is -0.197. The molecule has 0 fully saturated rings. The summed E-state index contributed by atoms with van der Waals surface area (Å²) in [6, 6.07) is 21.0. The molecule has 0 saturated carbocycles. The number of carbonyl (C=O) groups excluding carboxylic acids is 1. The Hall–Kier alpha value is -3.18. The van der Waals surface area contributed by atoms with E-state index < -0.39 is 0 Å². The van der Waals surface area contributed by atoms with Crippen LogP contribution in [0.15, 0.2) is 81.8 Å². The van der Waals surface area contributed by atoms with Crippen LogP contribution < -0.4 is 5.32 Å². The van der Waals surface area contributed by atoms with Crippen molar-refractivity contribution in [3.63, 3.8) is 0 Å². The molecule has 3 aromatic carbocycles. The third kappa shape index (κ3) is 4.00. The summed E-state index contributed by atoms with van der Waals surface area (Å²) in [4.78, 5) is 17.4. The van der Waals surface area contributed by atoms with Gasteiger partial charge in [-0.1, -0.05) is 52.3 Å². The number of nitrogens with one attached hydrogen (secondary N) is 1. The number of halogens is 1. The fourth-order valence-electron chi connectivity index (χ4n) is 3.09. The number of hydrogen-bond donors (Lipinski definition) is 1. The molecule has 5 heteroatoms. The first-order valence-electron chi connectivity index (χ1n) is 9.21. The second kappa shape index (κ2) is 8.05. The zero-order valence-electron chi connectivity index (χ0n) is 16.1. The number of nitrogens with zero attached hydrogens (tertiary/aromatic N) is 1. The second-order valence-corrected chi connectivity index (χ2v) is 7.70. The van der Waals surface area contributed by atoms with Crippen LogP contribution in [0, 0.1) is 13.8 Å². The number of carbonyl (C=O) groups is 1. The molecule has 4 rings (SSSR count). The molecule has 0 bridgehead atoms. The Morgan fingerprint density at radius 3 is 2.52 bits per heavy atom. The predicted molar refractivity (Wildman–Crippen MR) is 119 cm³/mol. The van der Waals surface area contributed by atoms with Crippen molar-refractivity contribution in [1.29, 1.82) is 0 Å². The molecular weight excluding hydrogens is 428 g/mol. The smallest absolute Gasteiger partial charge is 0.256 e. The van der Waals surface area contributed by atoms with Crippen LogP contribution in [0.3, 0.4) is 0 Å². The zero-order valence-corrected chi connectivity index (χ0v) is 17.7. The van der Waals surface area contributed by atoms with Crippen molar-refractivity contribution in [3.05, 3.63) is 94.1 Å². The standard InChI is InChI=1S/C24H19BrN2O2/c1-15-6-5-9-21(16(15)2)27-23(28)19-7-3-4-8-20(19)24-26-14-22(29-24)17-10-12-18(25)13-11-17/h3-14H,1-2H3,(H,27,28). The average Bonchev–Trinajstić information content (AvgIpc) is 3.22. The lowest BCUT2D eigenvalue weighted by atomic mass is 10.1. The van der Waals surface area contributed by atoms with Crippen LogP contribution in [0.4, 0.5) is 5.69 Å². The molecular formula is C24H19BrN2O2. The highest BCUT2D eigenvalue weighted by Crippen LogP contribution is 2.29.